The van der Waals surface area contributed by atoms with Crippen molar-refractivity contribution < 1.29 is 29.3 Å². The van der Waals surface area contributed by atoms with Crippen LogP contribution in [0.5, 0.6) is 17.4 Å². The van der Waals surface area contributed by atoms with Gasteiger partial charge in [-0.15, -0.1) is 12.8 Å². The van der Waals surface area contributed by atoms with Gasteiger partial charge in [0.1, 0.15) is 11.5 Å². The van der Waals surface area contributed by atoms with Crippen LogP contribution in [0.15, 0.2) is 77.9 Å². The Kier molecular flexibility index (Phi) is 16.0. The number of terminal acetylenes is 1. The number of carbonyl (C=O) groups excluding carboxylic acids is 2. The molecule has 0 saturated carbocycles. The highest BCUT2D eigenvalue weighted by Crippen LogP contribution is 2.22. The van der Waals surface area contributed by atoms with E-state index in [-0.39, 0.29) is 11.8 Å². The van der Waals surface area contributed by atoms with Crippen LogP contribution in [0.4, 0.5) is 10.5 Å². The molecule has 0 fully saturated rings. The summed E-state index contributed by atoms with van der Waals surface area (Å²) < 4.78 is 10.7. The first-order valence-corrected chi connectivity index (χ1v) is 12.5. The summed E-state index contributed by atoms with van der Waals surface area (Å²) in [6, 6.07) is 19.1. The lowest BCUT2D eigenvalue weighted by Gasteiger charge is -2.21. The van der Waals surface area contributed by atoms with Gasteiger partial charge < -0.3 is 35.2 Å². The maximum atomic E-state index is 11.8. The van der Waals surface area contributed by atoms with E-state index in [1.807, 2.05) is 12.1 Å². The summed E-state index contributed by atoms with van der Waals surface area (Å²) in [5.74, 6) is 0.279. The summed E-state index contributed by atoms with van der Waals surface area (Å²) in [5.41, 5.74) is 1.64. The lowest BCUT2D eigenvalue weighted by molar-refractivity contribution is -0.176. The van der Waals surface area contributed by atoms with E-state index in [0.29, 0.717) is 44.2 Å². The van der Waals surface area contributed by atoms with Gasteiger partial charge in [0.2, 0.25) is 12.3 Å². The monoisotopic (exact) mass is 563 g/mol. The number of pyridine rings is 1. The predicted octanol–water partition coefficient (Wildman–Crippen LogP) is 4.20. The van der Waals surface area contributed by atoms with E-state index < -0.39 is 5.79 Å². The molecule has 1 heterocycles. The molecular formula is C30H37N5O6. The summed E-state index contributed by atoms with van der Waals surface area (Å²) >= 11 is 0. The molecule has 0 atom stereocenters. The van der Waals surface area contributed by atoms with Crippen LogP contribution in [0.1, 0.15) is 25.8 Å². The second-order valence-corrected chi connectivity index (χ2v) is 8.70. The molecule has 0 radical (unpaired) electrons. The molecule has 41 heavy (non-hydrogen) atoms. The second-order valence-electron chi connectivity index (χ2n) is 8.70. The molecule has 0 unspecified atom stereocenters. The quantitative estimate of drug-likeness (QED) is 0.0645. The van der Waals surface area contributed by atoms with Crippen LogP contribution in [0.2, 0.25) is 0 Å². The third-order valence-corrected chi connectivity index (χ3v) is 4.87. The van der Waals surface area contributed by atoms with Crippen LogP contribution in [0.3, 0.4) is 0 Å². The number of phenolic OH excluding ortho intramolecular Hbond substituents is 1. The number of phenols is 1. The molecule has 3 rings (SSSR count). The predicted molar refractivity (Wildman–Crippen MR) is 158 cm³/mol. The number of amides is 3. The number of ether oxygens (including phenoxy) is 2. The number of hydrogen-bond acceptors (Lipinski definition) is 8. The first kappa shape index (κ1) is 34.1. The van der Waals surface area contributed by atoms with Crippen molar-refractivity contribution in [3.63, 3.8) is 0 Å². The zero-order valence-corrected chi connectivity index (χ0v) is 23.4. The van der Waals surface area contributed by atoms with E-state index in [4.69, 9.17) is 9.47 Å². The smallest absolute Gasteiger partial charge is 0.317 e. The standard InChI is InChI=1S/C15H24N2O4.C13H11N3O2.C2H2/c1-15(2,20)21-10-4-9-17(3)14(19)16-11-12-5-7-13(18)8-6-12;17-10-14-9-16-11-4-6-12(7-5-11)18-13-3-1-2-8-15-13;1-2/h5-8,18,20H,4,9-11H2,1-3H3,(H,16,19);1-10H,(H,14,16,17);1-2H. The topological polar surface area (TPSA) is 146 Å². The molecule has 0 aliphatic carbocycles. The number of rotatable bonds is 12. The molecule has 0 spiro atoms. The number of carbonyl (C=O) groups is 2. The number of hydrogen-bond donors (Lipinski definition) is 4. The highest BCUT2D eigenvalue weighted by atomic mass is 16.6. The van der Waals surface area contributed by atoms with Crippen LogP contribution in [-0.2, 0) is 16.1 Å². The minimum absolute atomic E-state index is 0.175. The molecule has 11 nitrogen and oxygen atoms in total. The molecule has 218 valence electrons. The van der Waals surface area contributed by atoms with Crippen molar-refractivity contribution in [3.05, 3.63) is 78.5 Å². The maximum absolute atomic E-state index is 11.8. The fraction of sp³-hybridized carbons (Fsp3) is 0.267. The van der Waals surface area contributed by atoms with E-state index >= 15 is 0 Å². The summed E-state index contributed by atoms with van der Waals surface area (Å²) in [6.45, 7) is 4.47. The van der Waals surface area contributed by atoms with E-state index in [1.165, 1.54) is 6.34 Å². The third-order valence-electron chi connectivity index (χ3n) is 4.87. The average molecular weight is 564 g/mol. The molecule has 1 aromatic heterocycles. The SMILES string of the molecule is C#C.CN(CCCOC(C)(C)O)C(=O)NCc1ccc(O)cc1.O=CNC=Nc1ccc(Oc2ccccn2)cc1. The van der Waals surface area contributed by atoms with Gasteiger partial charge in [-0.25, -0.2) is 14.8 Å². The number of urea groups is 1. The highest BCUT2D eigenvalue weighted by molar-refractivity contribution is 5.74. The third kappa shape index (κ3) is 15.9. The summed E-state index contributed by atoms with van der Waals surface area (Å²) in [4.78, 5) is 31.5. The highest BCUT2D eigenvalue weighted by Gasteiger charge is 2.13. The molecule has 0 aliphatic heterocycles. The second kappa shape index (κ2) is 19.2. The zero-order chi connectivity index (χ0) is 30.5. The molecule has 0 bridgehead atoms. The number of benzene rings is 2. The Bertz CT molecular complexity index is 1190. The number of nitrogens with zero attached hydrogens (tertiary/aromatic N) is 3. The lowest BCUT2D eigenvalue weighted by atomic mass is 10.2. The van der Waals surface area contributed by atoms with Crippen molar-refractivity contribution in [1.29, 1.82) is 0 Å². The minimum atomic E-state index is -1.14. The Morgan fingerprint density at radius 1 is 1.10 bits per heavy atom. The van der Waals surface area contributed by atoms with Gasteiger partial charge in [-0.2, -0.15) is 0 Å². The first-order chi connectivity index (χ1) is 19.7. The number of nitrogens with one attached hydrogen (secondary N) is 2. The maximum Gasteiger partial charge on any atom is 0.317 e. The number of aliphatic hydroxyl groups is 1. The van der Waals surface area contributed by atoms with E-state index in [9.17, 15) is 19.8 Å². The van der Waals surface area contributed by atoms with Gasteiger partial charge in [0.05, 0.1) is 18.6 Å². The van der Waals surface area contributed by atoms with Gasteiger partial charge in [0.25, 0.3) is 0 Å². The Morgan fingerprint density at radius 2 is 1.78 bits per heavy atom. The molecule has 4 N–H and O–H groups in total. The van der Waals surface area contributed by atoms with Crippen molar-refractivity contribution in [2.75, 3.05) is 20.2 Å². The van der Waals surface area contributed by atoms with Crippen LogP contribution < -0.4 is 15.4 Å². The molecule has 2 aromatic carbocycles. The summed E-state index contributed by atoms with van der Waals surface area (Å²) in [7, 11) is 1.70. The van der Waals surface area contributed by atoms with Crippen LogP contribution in [0.25, 0.3) is 0 Å². The van der Waals surface area contributed by atoms with E-state index in [2.05, 4.69) is 33.5 Å². The Balaban J connectivity index is 0.000000390. The molecule has 0 saturated heterocycles. The van der Waals surface area contributed by atoms with Crippen molar-refractivity contribution in [2.24, 2.45) is 4.99 Å². The molecule has 3 amide bonds. The van der Waals surface area contributed by atoms with Gasteiger partial charge in [-0.1, -0.05) is 18.2 Å². The minimum Gasteiger partial charge on any atom is -0.508 e. The van der Waals surface area contributed by atoms with E-state index in [0.717, 1.165) is 11.3 Å². The zero-order valence-electron chi connectivity index (χ0n) is 23.4. The fourth-order valence-corrected chi connectivity index (χ4v) is 2.92. The van der Waals surface area contributed by atoms with Crippen LogP contribution in [0, 0.1) is 12.8 Å². The van der Waals surface area contributed by atoms with Gasteiger partial charge in [0.15, 0.2) is 5.79 Å². The Labute approximate surface area is 240 Å². The van der Waals surface area contributed by atoms with Gasteiger partial charge in [0, 0.05) is 32.4 Å². The average Bonchev–Trinajstić information content (AvgIpc) is 2.97. The van der Waals surface area contributed by atoms with Crippen LogP contribution >= 0.6 is 0 Å². The van der Waals surface area contributed by atoms with E-state index in [1.54, 1.807) is 86.6 Å². The molecule has 0 aliphatic rings. The molecule has 11 heteroatoms. The Morgan fingerprint density at radius 3 is 2.37 bits per heavy atom. The van der Waals surface area contributed by atoms with Gasteiger partial charge >= 0.3 is 6.03 Å². The molecular weight excluding hydrogens is 526 g/mol. The van der Waals surface area contributed by atoms with Crippen molar-refractivity contribution >= 4 is 24.5 Å². The number of aliphatic imine (C=N–C) groups is 1. The number of aromatic nitrogens is 1. The Hall–Kier alpha value is -4.92. The lowest BCUT2D eigenvalue weighted by Crippen LogP contribution is -2.38. The van der Waals surface area contributed by atoms with Gasteiger partial charge in [-0.3, -0.25) is 4.79 Å². The number of aromatic hydroxyl groups is 1. The summed E-state index contributed by atoms with van der Waals surface area (Å²) in [6.07, 6.45) is 12.2. The van der Waals surface area contributed by atoms with Crippen molar-refractivity contribution in [2.45, 2.75) is 32.6 Å². The van der Waals surface area contributed by atoms with Crippen molar-refractivity contribution in [3.8, 4) is 30.2 Å². The molecule has 3 aromatic rings. The fourth-order valence-electron chi connectivity index (χ4n) is 2.92. The van der Waals surface area contributed by atoms with Gasteiger partial charge in [-0.05, 0) is 68.3 Å². The normalized spacial score (nSPS) is 10.3. The largest absolute Gasteiger partial charge is 0.508 e. The van der Waals surface area contributed by atoms with Crippen molar-refractivity contribution in [1.82, 2.24) is 20.5 Å². The van der Waals surface area contributed by atoms with Crippen LogP contribution in [-0.4, -0.2) is 64.9 Å². The first-order valence-electron chi connectivity index (χ1n) is 12.5. The summed E-state index contributed by atoms with van der Waals surface area (Å²) in [5, 5.41) is 23.7.